The molecule has 0 spiro atoms. The second kappa shape index (κ2) is 7.21. The molecule has 5 heteroatoms. The van der Waals surface area contributed by atoms with Gasteiger partial charge >= 0.3 is 0 Å². The van der Waals surface area contributed by atoms with Gasteiger partial charge in [0.05, 0.1) is 17.6 Å². The quantitative estimate of drug-likeness (QED) is 0.429. The lowest BCUT2D eigenvalue weighted by Crippen LogP contribution is -2.05. The number of nitrogens with zero attached hydrogens (tertiary/aromatic N) is 1. The first-order valence-corrected chi connectivity index (χ1v) is 6.52. The number of rotatable bonds is 7. The van der Waals surface area contributed by atoms with Crippen molar-refractivity contribution in [3.63, 3.8) is 0 Å². The van der Waals surface area contributed by atoms with E-state index in [1.807, 2.05) is 6.92 Å². The van der Waals surface area contributed by atoms with Gasteiger partial charge < -0.3 is 4.74 Å². The predicted molar refractivity (Wildman–Crippen MR) is 72.4 cm³/mol. The van der Waals surface area contributed by atoms with Gasteiger partial charge in [0.15, 0.2) is 0 Å². The summed E-state index contributed by atoms with van der Waals surface area (Å²) in [5, 5.41) is 10.7. The van der Waals surface area contributed by atoms with Crippen LogP contribution in [0.3, 0.4) is 0 Å². The summed E-state index contributed by atoms with van der Waals surface area (Å²) in [5.74, 6) is 1.74. The minimum Gasteiger partial charge on any atom is -0.493 e. The fourth-order valence-corrected chi connectivity index (χ4v) is 1.93. The second-order valence-corrected chi connectivity index (χ2v) is 4.80. The number of ether oxygens (including phenoxy) is 1. The fourth-order valence-electron chi connectivity index (χ4n) is 1.56. The van der Waals surface area contributed by atoms with Gasteiger partial charge in [0, 0.05) is 11.9 Å². The van der Waals surface area contributed by atoms with Gasteiger partial charge in [-0.25, -0.2) is 0 Å². The molecule has 0 aliphatic carbocycles. The van der Waals surface area contributed by atoms with E-state index in [1.54, 1.807) is 6.07 Å². The Balaban J connectivity index is 2.56. The summed E-state index contributed by atoms with van der Waals surface area (Å²) >= 11 is 5.66. The summed E-state index contributed by atoms with van der Waals surface area (Å²) in [4.78, 5) is 10.3. The van der Waals surface area contributed by atoms with Gasteiger partial charge in [0.2, 0.25) is 0 Å². The zero-order chi connectivity index (χ0) is 13.5. The first-order chi connectivity index (χ1) is 8.54. The maximum Gasteiger partial charge on any atom is 0.273 e. The molecule has 1 aromatic rings. The Bertz CT molecular complexity index is 409. The summed E-state index contributed by atoms with van der Waals surface area (Å²) in [6.45, 7) is 4.55. The summed E-state index contributed by atoms with van der Waals surface area (Å²) in [6.07, 6.45) is 1.85. The highest BCUT2D eigenvalue weighted by molar-refractivity contribution is 6.17. The average Bonchev–Trinajstić information content (AvgIpc) is 2.31. The average molecular weight is 272 g/mol. The van der Waals surface area contributed by atoms with Crippen molar-refractivity contribution in [1.82, 2.24) is 0 Å². The van der Waals surface area contributed by atoms with Crippen LogP contribution in [0.5, 0.6) is 5.75 Å². The van der Waals surface area contributed by atoms with Crippen LogP contribution in [0.2, 0.25) is 0 Å². The lowest BCUT2D eigenvalue weighted by atomic mass is 10.1. The van der Waals surface area contributed by atoms with E-state index >= 15 is 0 Å². The minimum atomic E-state index is -0.414. The zero-order valence-corrected chi connectivity index (χ0v) is 11.4. The molecule has 0 radical (unpaired) electrons. The number of aryl methyl sites for hydroxylation is 1. The molecule has 18 heavy (non-hydrogen) atoms. The molecule has 0 aliphatic rings. The van der Waals surface area contributed by atoms with Crippen molar-refractivity contribution < 1.29 is 9.66 Å². The van der Waals surface area contributed by atoms with Crippen molar-refractivity contribution in [2.75, 3.05) is 12.5 Å². The van der Waals surface area contributed by atoms with Crippen molar-refractivity contribution in [2.45, 2.75) is 26.7 Å². The van der Waals surface area contributed by atoms with Crippen LogP contribution in [-0.2, 0) is 0 Å². The van der Waals surface area contributed by atoms with Gasteiger partial charge in [-0.15, -0.1) is 11.6 Å². The molecule has 0 bridgehead atoms. The SMILES string of the molecule is Cc1ccc([N+](=O)[O-])cc1OCCC(C)CCCl. The molecule has 1 aromatic carbocycles. The topological polar surface area (TPSA) is 52.4 Å². The largest absolute Gasteiger partial charge is 0.493 e. The van der Waals surface area contributed by atoms with Crippen LogP contribution in [0.4, 0.5) is 5.69 Å². The van der Waals surface area contributed by atoms with E-state index in [0.717, 1.165) is 18.4 Å². The van der Waals surface area contributed by atoms with E-state index in [9.17, 15) is 10.1 Å². The number of nitro groups is 1. The fraction of sp³-hybridized carbons (Fsp3) is 0.538. The molecule has 1 unspecified atom stereocenters. The molecule has 0 fully saturated rings. The molecule has 0 aromatic heterocycles. The predicted octanol–water partition coefficient (Wildman–Crippen LogP) is 3.94. The van der Waals surface area contributed by atoms with Crippen LogP contribution in [0.25, 0.3) is 0 Å². The third-order valence-electron chi connectivity index (χ3n) is 2.85. The van der Waals surface area contributed by atoms with Gasteiger partial charge in [-0.2, -0.15) is 0 Å². The molecule has 1 atom stereocenters. The zero-order valence-electron chi connectivity index (χ0n) is 10.7. The van der Waals surface area contributed by atoms with Crippen molar-refractivity contribution in [3.05, 3.63) is 33.9 Å². The molecule has 0 saturated carbocycles. The Morgan fingerprint density at radius 3 is 2.78 bits per heavy atom. The van der Waals surface area contributed by atoms with Crippen molar-refractivity contribution in [1.29, 1.82) is 0 Å². The first-order valence-electron chi connectivity index (χ1n) is 5.98. The van der Waals surface area contributed by atoms with Gasteiger partial charge in [0.1, 0.15) is 5.75 Å². The van der Waals surface area contributed by atoms with Crippen LogP contribution in [0.1, 0.15) is 25.3 Å². The molecule has 0 saturated heterocycles. The molecule has 4 nitrogen and oxygen atoms in total. The van der Waals surface area contributed by atoms with Gasteiger partial charge in [0.25, 0.3) is 5.69 Å². The number of nitro benzene ring substituents is 1. The maximum absolute atomic E-state index is 10.7. The summed E-state index contributed by atoms with van der Waals surface area (Å²) in [5.41, 5.74) is 0.968. The van der Waals surface area contributed by atoms with Gasteiger partial charge in [-0.1, -0.05) is 6.92 Å². The number of hydrogen-bond donors (Lipinski definition) is 0. The van der Waals surface area contributed by atoms with Crippen molar-refractivity contribution >= 4 is 17.3 Å². The summed E-state index contributed by atoms with van der Waals surface area (Å²) < 4.78 is 5.60. The smallest absolute Gasteiger partial charge is 0.273 e. The van der Waals surface area contributed by atoms with E-state index in [2.05, 4.69) is 6.92 Å². The van der Waals surface area contributed by atoms with E-state index < -0.39 is 4.92 Å². The summed E-state index contributed by atoms with van der Waals surface area (Å²) in [7, 11) is 0. The van der Waals surface area contributed by atoms with Crippen LogP contribution < -0.4 is 4.74 Å². The maximum atomic E-state index is 10.7. The van der Waals surface area contributed by atoms with E-state index in [-0.39, 0.29) is 5.69 Å². The third kappa shape index (κ3) is 4.53. The highest BCUT2D eigenvalue weighted by Gasteiger charge is 2.10. The van der Waals surface area contributed by atoms with Crippen LogP contribution in [0, 0.1) is 23.0 Å². The Morgan fingerprint density at radius 2 is 2.17 bits per heavy atom. The molecule has 0 N–H and O–H groups in total. The van der Waals surface area contributed by atoms with Crippen LogP contribution in [0.15, 0.2) is 18.2 Å². The first kappa shape index (κ1) is 14.8. The van der Waals surface area contributed by atoms with Gasteiger partial charge in [-0.05, 0) is 37.3 Å². The highest BCUT2D eigenvalue weighted by Crippen LogP contribution is 2.24. The normalized spacial score (nSPS) is 12.2. The van der Waals surface area contributed by atoms with Crippen molar-refractivity contribution in [2.24, 2.45) is 5.92 Å². The Labute approximate surface area is 112 Å². The molecule has 0 heterocycles. The standard InChI is InChI=1S/C13H18ClNO3/c1-10(5-7-14)6-8-18-13-9-12(15(16)17)4-3-11(13)2/h3-4,9-10H,5-8H2,1-2H3. The van der Waals surface area contributed by atoms with E-state index in [1.165, 1.54) is 12.1 Å². The second-order valence-electron chi connectivity index (χ2n) is 4.43. The lowest BCUT2D eigenvalue weighted by molar-refractivity contribution is -0.384. The van der Waals surface area contributed by atoms with E-state index in [4.69, 9.17) is 16.3 Å². The van der Waals surface area contributed by atoms with E-state index in [0.29, 0.717) is 24.2 Å². The number of non-ortho nitro benzene ring substituents is 1. The molecule has 0 aliphatic heterocycles. The van der Waals surface area contributed by atoms with Crippen LogP contribution >= 0.6 is 11.6 Å². The Kier molecular flexibility index (Phi) is 5.92. The van der Waals surface area contributed by atoms with Gasteiger partial charge in [-0.3, -0.25) is 10.1 Å². The molecule has 100 valence electrons. The Morgan fingerprint density at radius 1 is 1.44 bits per heavy atom. The van der Waals surface area contributed by atoms with Crippen LogP contribution in [-0.4, -0.2) is 17.4 Å². The van der Waals surface area contributed by atoms with Crippen molar-refractivity contribution in [3.8, 4) is 5.75 Å². The Hall–Kier alpha value is -1.29. The minimum absolute atomic E-state index is 0.0596. The number of halogens is 1. The number of alkyl halides is 1. The molecular formula is C13H18ClNO3. The third-order valence-corrected chi connectivity index (χ3v) is 3.07. The number of hydrogen-bond acceptors (Lipinski definition) is 3. The molecular weight excluding hydrogens is 254 g/mol. The highest BCUT2D eigenvalue weighted by atomic mass is 35.5. The molecule has 0 amide bonds. The summed E-state index contributed by atoms with van der Waals surface area (Å²) in [6, 6.07) is 4.66. The monoisotopic (exact) mass is 271 g/mol. The number of benzene rings is 1. The lowest BCUT2D eigenvalue weighted by Gasteiger charge is -2.12. The molecule has 1 rings (SSSR count).